The van der Waals surface area contributed by atoms with Crippen molar-refractivity contribution >= 4 is 35.0 Å². The molecule has 3 rings (SSSR count). The van der Waals surface area contributed by atoms with Crippen molar-refractivity contribution in [2.45, 2.75) is 34.2 Å². The van der Waals surface area contributed by atoms with Crippen LogP contribution >= 0.6 is 11.7 Å². The largest absolute Gasteiger partial charge is 0.505 e. The Hall–Kier alpha value is -3.07. The van der Waals surface area contributed by atoms with Crippen molar-refractivity contribution in [2.24, 2.45) is 5.92 Å². The van der Waals surface area contributed by atoms with Crippen molar-refractivity contribution in [2.75, 3.05) is 17.7 Å². The highest BCUT2D eigenvalue weighted by atomic mass is 32.1. The monoisotopic (exact) mass is 417 g/mol. The van der Waals surface area contributed by atoms with Gasteiger partial charge < -0.3 is 25.5 Å². The molecule has 9 heteroatoms. The van der Waals surface area contributed by atoms with Crippen molar-refractivity contribution in [3.8, 4) is 5.75 Å². The lowest BCUT2D eigenvalue weighted by Gasteiger charge is -2.10. The Kier molecular flexibility index (Phi) is 8.02. The summed E-state index contributed by atoms with van der Waals surface area (Å²) in [5.41, 5.74) is 0.543. The van der Waals surface area contributed by atoms with Gasteiger partial charge in [-0.3, -0.25) is 4.79 Å². The van der Waals surface area contributed by atoms with Crippen LogP contribution in [0.5, 0.6) is 5.75 Å². The number of furan rings is 1. The van der Waals surface area contributed by atoms with E-state index in [1.54, 1.807) is 12.1 Å². The molecular weight excluding hydrogens is 390 g/mol. The van der Waals surface area contributed by atoms with Crippen LogP contribution in [0.25, 0.3) is 0 Å². The second kappa shape index (κ2) is 10.5. The first kappa shape index (κ1) is 22.2. The van der Waals surface area contributed by atoms with E-state index in [0.717, 1.165) is 29.2 Å². The van der Waals surface area contributed by atoms with Crippen LogP contribution in [0.15, 0.2) is 34.7 Å². The van der Waals surface area contributed by atoms with Gasteiger partial charge in [0, 0.05) is 7.05 Å². The van der Waals surface area contributed by atoms with Crippen molar-refractivity contribution in [3.63, 3.8) is 0 Å². The smallest absolute Gasteiger partial charge is 0.254 e. The molecule has 0 spiro atoms. The predicted octanol–water partition coefficient (Wildman–Crippen LogP) is 4.52. The number of carbonyl (C=O) groups is 1. The number of hydrogen-bond donors (Lipinski definition) is 4. The number of phenols is 1. The summed E-state index contributed by atoms with van der Waals surface area (Å²) in [6.45, 7) is 8.83. The molecule has 0 saturated carbocycles. The molecule has 0 atom stereocenters. The fraction of sp³-hybridized carbons (Fsp3) is 0.350. The van der Waals surface area contributed by atoms with Gasteiger partial charge in [0.15, 0.2) is 17.4 Å². The average molecular weight is 418 g/mol. The molecule has 2 heterocycles. The second-order valence-electron chi connectivity index (χ2n) is 6.97. The molecular formula is C20H27N5O3S. The first-order valence-electron chi connectivity index (χ1n) is 9.24. The first-order valence-corrected chi connectivity index (χ1v) is 9.97. The highest BCUT2D eigenvalue weighted by Crippen LogP contribution is 2.32. The molecule has 1 aromatic carbocycles. The molecule has 8 nitrogen and oxygen atoms in total. The first-order chi connectivity index (χ1) is 13.8. The zero-order valence-electron chi connectivity index (χ0n) is 17.2. The lowest BCUT2D eigenvalue weighted by atomic mass is 10.1. The fourth-order valence-electron chi connectivity index (χ4n) is 2.23. The number of aromatic hydroxyl groups is 1. The molecule has 3 aromatic rings. The number of aromatic nitrogens is 2. The number of hydrogen-bond acceptors (Lipinski definition) is 8. The lowest BCUT2D eigenvalue weighted by molar-refractivity contribution is 0.0960. The van der Waals surface area contributed by atoms with E-state index in [1.165, 1.54) is 13.1 Å². The maximum atomic E-state index is 11.8. The van der Waals surface area contributed by atoms with E-state index in [9.17, 15) is 9.90 Å². The zero-order chi connectivity index (χ0) is 21.4. The molecule has 0 unspecified atom stereocenters. The number of aryl methyl sites for hydroxylation is 1. The molecule has 2 aromatic heterocycles. The molecule has 0 saturated heterocycles. The van der Waals surface area contributed by atoms with Gasteiger partial charge in [-0.05, 0) is 37.1 Å². The number of nitrogens with zero attached hydrogens (tertiary/aromatic N) is 2. The summed E-state index contributed by atoms with van der Waals surface area (Å²) in [6.07, 6.45) is 0. The highest BCUT2D eigenvalue weighted by molar-refractivity contribution is 6.99. The summed E-state index contributed by atoms with van der Waals surface area (Å²) in [5, 5.41) is 18.9. The Labute approximate surface area is 174 Å². The zero-order valence-corrected chi connectivity index (χ0v) is 18.1. The maximum absolute atomic E-state index is 11.8. The van der Waals surface area contributed by atoms with Crippen LogP contribution < -0.4 is 16.0 Å². The van der Waals surface area contributed by atoms with Crippen LogP contribution in [0.3, 0.4) is 0 Å². The van der Waals surface area contributed by atoms with Gasteiger partial charge in [-0.2, -0.15) is 8.75 Å². The topological polar surface area (TPSA) is 112 Å². The second-order valence-corrected chi connectivity index (χ2v) is 7.49. The van der Waals surface area contributed by atoms with Gasteiger partial charge in [-0.1, -0.05) is 26.8 Å². The molecule has 156 valence electrons. The third-order valence-electron chi connectivity index (χ3n) is 3.48. The molecule has 0 aliphatic rings. The number of phenolic OH excluding ortho intramolecular Hbond substituents is 1. The minimum Gasteiger partial charge on any atom is -0.505 e. The summed E-state index contributed by atoms with van der Waals surface area (Å²) in [7, 11) is 1.50. The SMILES string of the molecule is CC(C)C.CNC(=O)c1cccc(Nc2nsnc2NCc2ccc(C)o2)c1O. The minimum absolute atomic E-state index is 0.151. The Bertz CT molecular complexity index is 933. The molecule has 0 radical (unpaired) electrons. The van der Waals surface area contributed by atoms with Crippen molar-refractivity contribution < 1.29 is 14.3 Å². The number of para-hydroxylation sites is 1. The Morgan fingerprint density at radius 2 is 1.86 bits per heavy atom. The molecule has 0 aliphatic heterocycles. The van der Waals surface area contributed by atoms with Gasteiger partial charge in [0.2, 0.25) is 0 Å². The summed E-state index contributed by atoms with van der Waals surface area (Å²) in [4.78, 5) is 11.8. The number of benzene rings is 1. The van der Waals surface area contributed by atoms with E-state index in [1.807, 2.05) is 19.1 Å². The number of rotatable bonds is 6. The van der Waals surface area contributed by atoms with E-state index < -0.39 is 0 Å². The summed E-state index contributed by atoms with van der Waals surface area (Å²) >= 11 is 1.03. The Morgan fingerprint density at radius 1 is 1.17 bits per heavy atom. The van der Waals surface area contributed by atoms with Gasteiger partial charge in [-0.25, -0.2) is 0 Å². The standard InChI is InChI=1S/C16H17N5O3S.C4H10/c1-9-6-7-10(24-9)8-18-14-15(21-25-20-14)19-12-5-3-4-11(13(12)22)16(23)17-2;1-4(2)3/h3-7,22H,8H2,1-2H3,(H,17,23)(H,18,20)(H,19,21);4H,1-3H3. The Morgan fingerprint density at radius 3 is 2.48 bits per heavy atom. The molecule has 29 heavy (non-hydrogen) atoms. The van der Waals surface area contributed by atoms with Gasteiger partial charge >= 0.3 is 0 Å². The summed E-state index contributed by atoms with van der Waals surface area (Å²) in [6, 6.07) is 8.63. The normalized spacial score (nSPS) is 10.3. The van der Waals surface area contributed by atoms with E-state index in [-0.39, 0.29) is 17.2 Å². The molecule has 0 aliphatic carbocycles. The van der Waals surface area contributed by atoms with Crippen molar-refractivity contribution in [3.05, 3.63) is 47.4 Å². The molecule has 0 fully saturated rings. The third kappa shape index (κ3) is 6.49. The number of amides is 1. The van der Waals surface area contributed by atoms with Gasteiger partial charge in [0.25, 0.3) is 5.91 Å². The average Bonchev–Trinajstić information content (AvgIpc) is 3.29. The molecule has 4 N–H and O–H groups in total. The van der Waals surface area contributed by atoms with Crippen LogP contribution in [0.1, 0.15) is 42.6 Å². The number of anilines is 3. The van der Waals surface area contributed by atoms with Crippen LogP contribution in [0.4, 0.5) is 17.3 Å². The molecule has 1 amide bonds. The van der Waals surface area contributed by atoms with Crippen LogP contribution in [-0.2, 0) is 6.54 Å². The molecule has 0 bridgehead atoms. The van der Waals surface area contributed by atoms with E-state index >= 15 is 0 Å². The van der Waals surface area contributed by atoms with Gasteiger partial charge in [0.05, 0.1) is 29.5 Å². The summed E-state index contributed by atoms with van der Waals surface area (Å²) < 4.78 is 13.9. The van der Waals surface area contributed by atoms with E-state index in [0.29, 0.717) is 23.9 Å². The van der Waals surface area contributed by atoms with Crippen LogP contribution in [-0.4, -0.2) is 26.8 Å². The van der Waals surface area contributed by atoms with Crippen LogP contribution in [0.2, 0.25) is 0 Å². The van der Waals surface area contributed by atoms with Crippen molar-refractivity contribution in [1.82, 2.24) is 14.1 Å². The quantitative estimate of drug-likeness (QED) is 0.436. The highest BCUT2D eigenvalue weighted by Gasteiger charge is 2.16. The minimum atomic E-state index is -0.371. The number of carbonyl (C=O) groups excluding carboxylic acids is 1. The van der Waals surface area contributed by atoms with Gasteiger partial charge in [0.1, 0.15) is 11.5 Å². The third-order valence-corrected chi connectivity index (χ3v) is 4.00. The lowest BCUT2D eigenvalue weighted by Crippen LogP contribution is -2.18. The maximum Gasteiger partial charge on any atom is 0.254 e. The van der Waals surface area contributed by atoms with Crippen molar-refractivity contribution in [1.29, 1.82) is 0 Å². The van der Waals surface area contributed by atoms with E-state index in [2.05, 4.69) is 45.5 Å². The fourth-order valence-corrected chi connectivity index (χ4v) is 2.71. The number of nitrogens with one attached hydrogen (secondary N) is 3. The van der Waals surface area contributed by atoms with Gasteiger partial charge in [-0.15, -0.1) is 0 Å². The summed E-state index contributed by atoms with van der Waals surface area (Å²) in [5.74, 6) is 2.91. The predicted molar refractivity (Wildman–Crippen MR) is 116 cm³/mol. The Balaban J connectivity index is 0.000000687. The van der Waals surface area contributed by atoms with E-state index in [4.69, 9.17) is 4.42 Å². The van der Waals surface area contributed by atoms with Crippen LogP contribution in [0, 0.1) is 12.8 Å².